The Morgan fingerprint density at radius 1 is 1.62 bits per heavy atom. The van der Waals surface area contributed by atoms with Crippen LogP contribution < -0.4 is 0 Å². The number of aromatic carboxylic acids is 1. The molecule has 0 spiro atoms. The van der Waals surface area contributed by atoms with Crippen LogP contribution in [0.15, 0.2) is 12.1 Å². The molecule has 0 atom stereocenters. The Kier molecular flexibility index (Phi) is 2.88. The lowest BCUT2D eigenvalue weighted by molar-refractivity contribution is 0.0695. The Bertz CT molecular complexity index is 384. The average molecular weight is 287 g/mol. The van der Waals surface area contributed by atoms with Crippen molar-refractivity contribution in [2.75, 3.05) is 0 Å². The average Bonchev–Trinajstić information content (AvgIpc) is 2.02. The van der Waals surface area contributed by atoms with Crippen LogP contribution in [0.1, 0.15) is 21.5 Å². The second kappa shape index (κ2) is 3.75. The van der Waals surface area contributed by atoms with Crippen molar-refractivity contribution in [1.29, 1.82) is 5.26 Å². The summed E-state index contributed by atoms with van der Waals surface area (Å²) in [6.45, 7) is 1.69. The predicted molar refractivity (Wildman–Crippen MR) is 55.6 cm³/mol. The van der Waals surface area contributed by atoms with Gasteiger partial charge < -0.3 is 5.11 Å². The molecule has 0 aliphatic rings. The molecule has 1 rings (SSSR count). The summed E-state index contributed by atoms with van der Waals surface area (Å²) in [5.41, 5.74) is 1.39. The van der Waals surface area contributed by atoms with Gasteiger partial charge >= 0.3 is 5.97 Å². The molecule has 0 bridgehead atoms. The number of benzene rings is 1. The largest absolute Gasteiger partial charge is 0.478 e. The Morgan fingerprint density at radius 2 is 2.23 bits per heavy atom. The first-order valence-electron chi connectivity index (χ1n) is 3.50. The van der Waals surface area contributed by atoms with Gasteiger partial charge in [-0.05, 0) is 47.2 Å². The summed E-state index contributed by atoms with van der Waals surface area (Å²) >= 11 is 1.92. The monoisotopic (exact) mass is 287 g/mol. The smallest absolute Gasteiger partial charge is 0.337 e. The van der Waals surface area contributed by atoms with Crippen molar-refractivity contribution in [3.05, 3.63) is 32.4 Å². The quantitative estimate of drug-likeness (QED) is 0.805. The number of hydrogen-bond donors (Lipinski definition) is 1. The van der Waals surface area contributed by atoms with E-state index in [-0.39, 0.29) is 5.56 Å². The summed E-state index contributed by atoms with van der Waals surface area (Å²) in [5, 5.41) is 17.4. The topological polar surface area (TPSA) is 61.1 Å². The molecule has 66 valence electrons. The van der Waals surface area contributed by atoms with Crippen molar-refractivity contribution in [2.24, 2.45) is 0 Å². The molecule has 0 aliphatic heterocycles. The van der Waals surface area contributed by atoms with E-state index in [1.54, 1.807) is 19.1 Å². The van der Waals surface area contributed by atoms with Crippen molar-refractivity contribution >= 4 is 28.6 Å². The molecule has 0 aromatic heterocycles. The maximum Gasteiger partial charge on any atom is 0.337 e. The standard InChI is InChI=1S/C9H6INO2/c1-5-2-6(4-11)3-7(10)8(5)9(12)13/h2-3H,1H3,(H,12,13). The Morgan fingerprint density at radius 3 is 2.62 bits per heavy atom. The minimum atomic E-state index is -0.952. The van der Waals surface area contributed by atoms with E-state index in [1.807, 2.05) is 28.7 Å². The van der Waals surface area contributed by atoms with Crippen molar-refractivity contribution in [2.45, 2.75) is 6.92 Å². The third-order valence-corrected chi connectivity index (χ3v) is 2.48. The third kappa shape index (κ3) is 1.98. The molecule has 0 saturated carbocycles. The Balaban J connectivity index is 3.42. The van der Waals surface area contributed by atoms with Gasteiger partial charge in [-0.3, -0.25) is 0 Å². The SMILES string of the molecule is Cc1cc(C#N)cc(I)c1C(=O)O. The van der Waals surface area contributed by atoms with Crippen molar-refractivity contribution < 1.29 is 9.90 Å². The second-order valence-corrected chi connectivity index (χ2v) is 3.73. The van der Waals surface area contributed by atoms with Crippen LogP contribution in [0.4, 0.5) is 0 Å². The van der Waals surface area contributed by atoms with Gasteiger partial charge in [0, 0.05) is 3.57 Å². The summed E-state index contributed by atoms with van der Waals surface area (Å²) in [5.74, 6) is -0.952. The van der Waals surface area contributed by atoms with Crippen LogP contribution in [0.5, 0.6) is 0 Å². The van der Waals surface area contributed by atoms with Gasteiger partial charge in [0.2, 0.25) is 0 Å². The molecular weight excluding hydrogens is 281 g/mol. The van der Waals surface area contributed by atoms with Gasteiger partial charge in [-0.25, -0.2) is 4.79 Å². The first-order valence-corrected chi connectivity index (χ1v) is 4.57. The molecule has 1 N–H and O–H groups in total. The van der Waals surface area contributed by atoms with Crippen molar-refractivity contribution in [1.82, 2.24) is 0 Å². The predicted octanol–water partition coefficient (Wildman–Crippen LogP) is 2.17. The van der Waals surface area contributed by atoms with E-state index in [0.29, 0.717) is 14.7 Å². The van der Waals surface area contributed by atoms with E-state index in [2.05, 4.69) is 0 Å². The zero-order valence-corrected chi connectivity index (χ0v) is 8.99. The highest BCUT2D eigenvalue weighted by Gasteiger charge is 2.12. The van der Waals surface area contributed by atoms with E-state index in [1.165, 1.54) is 0 Å². The lowest BCUT2D eigenvalue weighted by Gasteiger charge is -2.03. The molecule has 0 unspecified atom stereocenters. The maximum atomic E-state index is 10.8. The number of nitriles is 1. The first-order chi connectivity index (χ1) is 6.06. The number of halogens is 1. The van der Waals surface area contributed by atoms with Gasteiger partial charge in [-0.15, -0.1) is 0 Å². The number of carbonyl (C=O) groups is 1. The summed E-state index contributed by atoms with van der Waals surface area (Å²) < 4.78 is 0.599. The number of aryl methyl sites for hydroxylation is 1. The van der Waals surface area contributed by atoms with E-state index >= 15 is 0 Å². The fourth-order valence-electron chi connectivity index (χ4n) is 1.08. The number of rotatable bonds is 1. The van der Waals surface area contributed by atoms with Gasteiger partial charge in [-0.1, -0.05) is 0 Å². The van der Waals surface area contributed by atoms with Gasteiger partial charge in [0.1, 0.15) is 0 Å². The van der Waals surface area contributed by atoms with Crippen LogP contribution in [0, 0.1) is 21.8 Å². The number of hydrogen-bond acceptors (Lipinski definition) is 2. The van der Waals surface area contributed by atoms with E-state index < -0.39 is 5.97 Å². The van der Waals surface area contributed by atoms with Crippen LogP contribution in [0.25, 0.3) is 0 Å². The normalized spacial score (nSPS) is 9.31. The molecule has 0 aliphatic carbocycles. The number of nitrogens with zero attached hydrogens (tertiary/aromatic N) is 1. The minimum Gasteiger partial charge on any atom is -0.478 e. The van der Waals surface area contributed by atoms with Crippen LogP contribution in [0.3, 0.4) is 0 Å². The molecule has 0 amide bonds. The van der Waals surface area contributed by atoms with Crippen molar-refractivity contribution in [3.8, 4) is 6.07 Å². The molecular formula is C9H6INO2. The van der Waals surface area contributed by atoms with Gasteiger partial charge in [-0.2, -0.15) is 5.26 Å². The molecule has 3 nitrogen and oxygen atoms in total. The number of carboxylic acid groups (broad SMARTS) is 1. The van der Waals surface area contributed by atoms with E-state index in [4.69, 9.17) is 10.4 Å². The highest BCUT2D eigenvalue weighted by atomic mass is 127. The summed E-state index contributed by atoms with van der Waals surface area (Å²) in [4.78, 5) is 10.8. The molecule has 0 radical (unpaired) electrons. The molecule has 0 heterocycles. The fraction of sp³-hybridized carbons (Fsp3) is 0.111. The van der Waals surface area contributed by atoms with Gasteiger partial charge in [0.25, 0.3) is 0 Å². The summed E-state index contributed by atoms with van der Waals surface area (Å²) in [6, 6.07) is 5.12. The molecule has 1 aromatic rings. The molecule has 0 fully saturated rings. The second-order valence-electron chi connectivity index (χ2n) is 2.57. The lowest BCUT2D eigenvalue weighted by Crippen LogP contribution is -2.03. The zero-order chi connectivity index (χ0) is 10.0. The van der Waals surface area contributed by atoms with Crippen LogP contribution in [-0.2, 0) is 0 Å². The van der Waals surface area contributed by atoms with Crippen LogP contribution in [-0.4, -0.2) is 11.1 Å². The van der Waals surface area contributed by atoms with E-state index in [9.17, 15) is 4.79 Å². The summed E-state index contributed by atoms with van der Waals surface area (Å²) in [6.07, 6.45) is 0. The maximum absolute atomic E-state index is 10.8. The van der Waals surface area contributed by atoms with Crippen LogP contribution >= 0.6 is 22.6 Å². The first kappa shape index (κ1) is 9.99. The van der Waals surface area contributed by atoms with E-state index in [0.717, 1.165) is 0 Å². The Hall–Kier alpha value is -1.09. The van der Waals surface area contributed by atoms with Crippen molar-refractivity contribution in [3.63, 3.8) is 0 Å². The lowest BCUT2D eigenvalue weighted by atomic mass is 10.1. The summed E-state index contributed by atoms with van der Waals surface area (Å²) in [7, 11) is 0. The van der Waals surface area contributed by atoms with Gasteiger partial charge in [0.15, 0.2) is 0 Å². The zero-order valence-electron chi connectivity index (χ0n) is 6.84. The molecule has 0 saturated heterocycles. The fourth-order valence-corrected chi connectivity index (χ4v) is 2.07. The number of carboxylic acids is 1. The van der Waals surface area contributed by atoms with Crippen LogP contribution in [0.2, 0.25) is 0 Å². The highest BCUT2D eigenvalue weighted by Crippen LogP contribution is 2.18. The third-order valence-electron chi connectivity index (χ3n) is 1.63. The molecule has 4 heteroatoms. The molecule has 13 heavy (non-hydrogen) atoms. The van der Waals surface area contributed by atoms with Gasteiger partial charge in [0.05, 0.1) is 17.2 Å². The molecule has 1 aromatic carbocycles. The Labute approximate surface area is 89.1 Å². The minimum absolute atomic E-state index is 0.277. The highest BCUT2D eigenvalue weighted by molar-refractivity contribution is 14.1.